The Bertz CT molecular complexity index is 1350. The summed E-state index contributed by atoms with van der Waals surface area (Å²) in [5, 5.41) is 10.7. The lowest BCUT2D eigenvalue weighted by Gasteiger charge is -2.03. The number of methoxy groups -OCH3 is 1. The molecular formula is C21H14ClN5O2S. The largest absolute Gasteiger partial charge is 0.497 e. The lowest BCUT2D eigenvalue weighted by atomic mass is 10.1. The van der Waals surface area contributed by atoms with E-state index in [9.17, 15) is 4.79 Å². The lowest BCUT2D eigenvalue weighted by Crippen LogP contribution is -2.07. The van der Waals surface area contributed by atoms with Crippen molar-refractivity contribution in [1.29, 1.82) is 0 Å². The molecule has 0 unspecified atom stereocenters. The van der Waals surface area contributed by atoms with E-state index >= 15 is 0 Å². The first-order chi connectivity index (χ1) is 14.6. The van der Waals surface area contributed by atoms with E-state index < -0.39 is 0 Å². The highest BCUT2D eigenvalue weighted by Crippen LogP contribution is 2.29. The fourth-order valence-electron chi connectivity index (χ4n) is 3.16. The zero-order valence-electron chi connectivity index (χ0n) is 15.7. The molecule has 3 aromatic heterocycles. The number of ether oxygens (including phenoxy) is 1. The van der Waals surface area contributed by atoms with Crippen molar-refractivity contribution in [3.05, 3.63) is 82.7 Å². The molecule has 5 rings (SSSR count). The van der Waals surface area contributed by atoms with Crippen molar-refractivity contribution >= 4 is 33.7 Å². The van der Waals surface area contributed by atoms with Gasteiger partial charge in [0.05, 0.1) is 19.0 Å². The van der Waals surface area contributed by atoms with Gasteiger partial charge < -0.3 is 4.74 Å². The Balaban J connectivity index is 1.56. The number of carbonyl (C=O) groups excluding carboxylic acids is 1. The Morgan fingerprint density at radius 2 is 1.87 bits per heavy atom. The molecule has 0 aliphatic rings. The molecule has 5 aromatic rings. The first-order valence-corrected chi connectivity index (χ1v) is 10.2. The van der Waals surface area contributed by atoms with E-state index in [1.165, 1.54) is 11.3 Å². The van der Waals surface area contributed by atoms with Crippen LogP contribution in [0.25, 0.3) is 21.9 Å². The van der Waals surface area contributed by atoms with E-state index in [-0.39, 0.29) is 11.5 Å². The molecule has 30 heavy (non-hydrogen) atoms. The van der Waals surface area contributed by atoms with Crippen LogP contribution in [0.1, 0.15) is 16.2 Å². The molecule has 0 aliphatic carbocycles. The van der Waals surface area contributed by atoms with Crippen LogP contribution in [0.3, 0.4) is 0 Å². The predicted molar refractivity (Wildman–Crippen MR) is 115 cm³/mol. The molecule has 0 atom stereocenters. The van der Waals surface area contributed by atoms with Crippen molar-refractivity contribution in [3.8, 4) is 22.7 Å². The molecule has 0 amide bonds. The van der Waals surface area contributed by atoms with E-state index in [4.69, 9.17) is 16.3 Å². The molecule has 0 saturated heterocycles. The minimum Gasteiger partial charge on any atom is -0.497 e. The highest BCUT2D eigenvalue weighted by atomic mass is 35.5. The molecule has 2 aromatic carbocycles. The van der Waals surface area contributed by atoms with Crippen LogP contribution in [0.2, 0.25) is 5.02 Å². The highest BCUT2D eigenvalue weighted by Gasteiger charge is 2.25. The molecule has 148 valence electrons. The summed E-state index contributed by atoms with van der Waals surface area (Å²) in [6.07, 6.45) is 3.44. The van der Waals surface area contributed by atoms with Crippen molar-refractivity contribution in [2.24, 2.45) is 0 Å². The van der Waals surface area contributed by atoms with Gasteiger partial charge in [0.15, 0.2) is 10.7 Å². The number of rotatable bonds is 5. The predicted octanol–water partition coefficient (Wildman–Crippen LogP) is 4.54. The number of thiazole rings is 1. The van der Waals surface area contributed by atoms with Crippen LogP contribution in [-0.2, 0) is 0 Å². The molecule has 0 bridgehead atoms. The average molecular weight is 436 g/mol. The Labute approximate surface area is 180 Å². The molecule has 0 N–H and O–H groups in total. The number of benzene rings is 2. The minimum atomic E-state index is -0.259. The summed E-state index contributed by atoms with van der Waals surface area (Å²) in [4.78, 5) is 18.8. The molecule has 3 heterocycles. The standard InChI is InChI=1S/C21H14ClN5O2S/c1-29-16-8-6-15(7-9-16)27-12-17(24-25-27)20(28)19-18(13-2-4-14(22)5-3-13)23-21-26(19)10-11-30-21/h2-12H,1H3. The SMILES string of the molecule is COc1ccc(-n2cc(C(=O)c3c(-c4ccc(Cl)cc4)nc4sccn34)nn2)cc1. The number of hydrogen-bond donors (Lipinski definition) is 0. The first kappa shape index (κ1) is 18.5. The topological polar surface area (TPSA) is 74.3 Å². The second-order valence-corrected chi connectivity index (χ2v) is 7.76. The summed E-state index contributed by atoms with van der Waals surface area (Å²) < 4.78 is 8.51. The molecular weight excluding hydrogens is 422 g/mol. The summed E-state index contributed by atoms with van der Waals surface area (Å²) in [7, 11) is 1.61. The van der Waals surface area contributed by atoms with Gasteiger partial charge >= 0.3 is 0 Å². The maximum Gasteiger partial charge on any atom is 0.233 e. The minimum absolute atomic E-state index is 0.231. The third-order valence-electron chi connectivity index (χ3n) is 4.66. The number of halogens is 1. The molecule has 0 saturated carbocycles. The van der Waals surface area contributed by atoms with Gasteiger partial charge in [-0.25, -0.2) is 9.67 Å². The molecule has 0 radical (unpaired) electrons. The van der Waals surface area contributed by atoms with Gasteiger partial charge in [-0.1, -0.05) is 28.9 Å². The first-order valence-electron chi connectivity index (χ1n) is 8.97. The second-order valence-electron chi connectivity index (χ2n) is 6.45. The van der Waals surface area contributed by atoms with Gasteiger partial charge in [-0.05, 0) is 36.4 Å². The van der Waals surface area contributed by atoms with Crippen LogP contribution < -0.4 is 4.74 Å². The number of aromatic nitrogens is 5. The van der Waals surface area contributed by atoms with Gasteiger partial charge in [0.2, 0.25) is 5.78 Å². The zero-order valence-corrected chi connectivity index (χ0v) is 17.3. The van der Waals surface area contributed by atoms with E-state index in [0.29, 0.717) is 16.4 Å². The van der Waals surface area contributed by atoms with Crippen molar-refractivity contribution in [3.63, 3.8) is 0 Å². The maximum absolute atomic E-state index is 13.4. The fourth-order valence-corrected chi connectivity index (χ4v) is 4.00. The summed E-state index contributed by atoms with van der Waals surface area (Å²) in [5.41, 5.74) is 2.84. The van der Waals surface area contributed by atoms with Crippen molar-refractivity contribution in [2.75, 3.05) is 7.11 Å². The van der Waals surface area contributed by atoms with Gasteiger partial charge in [0, 0.05) is 22.2 Å². The Morgan fingerprint density at radius 3 is 2.60 bits per heavy atom. The van der Waals surface area contributed by atoms with Crippen LogP contribution in [-0.4, -0.2) is 37.3 Å². The van der Waals surface area contributed by atoms with Crippen LogP contribution in [0, 0.1) is 0 Å². The number of hydrogen-bond acceptors (Lipinski definition) is 6. The summed E-state index contributed by atoms with van der Waals surface area (Å²) in [5.74, 6) is 0.479. The maximum atomic E-state index is 13.4. The number of imidazole rings is 1. The van der Waals surface area contributed by atoms with Crippen LogP contribution in [0.5, 0.6) is 5.75 Å². The van der Waals surface area contributed by atoms with Crippen molar-refractivity contribution in [2.45, 2.75) is 0 Å². The normalized spacial score (nSPS) is 11.1. The van der Waals surface area contributed by atoms with E-state index in [1.807, 2.05) is 48.0 Å². The van der Waals surface area contributed by atoms with Crippen LogP contribution in [0.15, 0.2) is 66.3 Å². The summed E-state index contributed by atoms with van der Waals surface area (Å²) >= 11 is 7.47. The lowest BCUT2D eigenvalue weighted by molar-refractivity contribution is 0.102. The zero-order chi connectivity index (χ0) is 20.7. The fraction of sp³-hybridized carbons (Fsp3) is 0.0476. The Morgan fingerprint density at radius 1 is 1.10 bits per heavy atom. The third-order valence-corrected chi connectivity index (χ3v) is 5.67. The van der Waals surface area contributed by atoms with Gasteiger partial charge in [-0.15, -0.1) is 16.4 Å². The van der Waals surface area contributed by atoms with E-state index in [1.54, 1.807) is 34.5 Å². The van der Waals surface area contributed by atoms with Gasteiger partial charge in [-0.3, -0.25) is 9.20 Å². The van der Waals surface area contributed by atoms with E-state index in [0.717, 1.165) is 22.0 Å². The smallest absolute Gasteiger partial charge is 0.233 e. The van der Waals surface area contributed by atoms with Crippen molar-refractivity contribution in [1.82, 2.24) is 24.4 Å². The van der Waals surface area contributed by atoms with Crippen LogP contribution in [0.4, 0.5) is 0 Å². The molecule has 0 spiro atoms. The summed E-state index contributed by atoms with van der Waals surface area (Å²) in [6.45, 7) is 0. The van der Waals surface area contributed by atoms with Gasteiger partial charge in [0.25, 0.3) is 0 Å². The van der Waals surface area contributed by atoms with E-state index in [2.05, 4.69) is 15.3 Å². The molecule has 0 fully saturated rings. The Kier molecular flexibility index (Phi) is 4.57. The third kappa shape index (κ3) is 3.16. The average Bonchev–Trinajstić information content (AvgIpc) is 3.50. The summed E-state index contributed by atoms with van der Waals surface area (Å²) in [6, 6.07) is 14.6. The van der Waals surface area contributed by atoms with Gasteiger partial charge in [0.1, 0.15) is 17.1 Å². The number of fused-ring (bicyclic) bond motifs is 1. The molecule has 9 heteroatoms. The second kappa shape index (κ2) is 7.40. The molecule has 7 nitrogen and oxygen atoms in total. The van der Waals surface area contributed by atoms with Gasteiger partial charge in [-0.2, -0.15) is 0 Å². The quantitative estimate of drug-likeness (QED) is 0.379. The van der Waals surface area contributed by atoms with Crippen molar-refractivity contribution < 1.29 is 9.53 Å². The molecule has 0 aliphatic heterocycles. The monoisotopic (exact) mass is 435 g/mol. The van der Waals surface area contributed by atoms with Crippen LogP contribution >= 0.6 is 22.9 Å². The highest BCUT2D eigenvalue weighted by molar-refractivity contribution is 7.15. The Hall–Kier alpha value is -3.49. The number of carbonyl (C=O) groups is 1. The number of ketones is 1. The number of nitrogens with zero attached hydrogens (tertiary/aromatic N) is 5.